The molecule has 2 aliphatic rings. The Morgan fingerprint density at radius 1 is 1.52 bits per heavy atom. The summed E-state index contributed by atoms with van der Waals surface area (Å²) < 4.78 is 5.76. The van der Waals surface area contributed by atoms with E-state index < -0.39 is 0 Å². The van der Waals surface area contributed by atoms with Gasteiger partial charge in [0.05, 0.1) is 12.0 Å². The van der Waals surface area contributed by atoms with E-state index in [1.807, 2.05) is 18.7 Å². The van der Waals surface area contributed by atoms with E-state index in [0.29, 0.717) is 6.04 Å². The van der Waals surface area contributed by atoms with E-state index in [4.69, 9.17) is 4.74 Å². The molecule has 116 valence electrons. The van der Waals surface area contributed by atoms with E-state index >= 15 is 0 Å². The summed E-state index contributed by atoms with van der Waals surface area (Å²) in [6, 6.07) is 2.47. The lowest BCUT2D eigenvalue weighted by molar-refractivity contribution is -0.136. The van der Waals surface area contributed by atoms with Crippen LogP contribution in [-0.2, 0) is 9.53 Å². The summed E-state index contributed by atoms with van der Waals surface area (Å²) in [5.41, 5.74) is 1.15. The zero-order valence-corrected chi connectivity index (χ0v) is 14.1. The average molecular weight is 325 g/mol. The van der Waals surface area contributed by atoms with Crippen LogP contribution < -0.4 is 0 Å². The molecule has 1 amide bonds. The van der Waals surface area contributed by atoms with Gasteiger partial charge in [0.15, 0.2) is 0 Å². The number of amides is 1. The third-order valence-corrected chi connectivity index (χ3v) is 6.31. The second-order valence-electron chi connectivity index (χ2n) is 5.92. The first-order chi connectivity index (χ1) is 10.3. The van der Waals surface area contributed by atoms with Crippen molar-refractivity contribution in [3.05, 3.63) is 22.4 Å². The summed E-state index contributed by atoms with van der Waals surface area (Å²) in [6.45, 7) is 3.67. The van der Waals surface area contributed by atoms with Gasteiger partial charge in [0.1, 0.15) is 0 Å². The van der Waals surface area contributed by atoms with Gasteiger partial charge < -0.3 is 9.64 Å². The van der Waals surface area contributed by atoms with Gasteiger partial charge in [-0.3, -0.25) is 4.79 Å². The maximum absolute atomic E-state index is 13.0. The maximum atomic E-state index is 13.0. The van der Waals surface area contributed by atoms with E-state index in [2.05, 4.69) is 21.7 Å². The van der Waals surface area contributed by atoms with E-state index in [0.717, 1.165) is 43.7 Å². The second-order valence-corrected chi connectivity index (χ2v) is 7.85. The summed E-state index contributed by atoms with van der Waals surface area (Å²) in [4.78, 5) is 15.1. The predicted molar refractivity (Wildman–Crippen MR) is 89.2 cm³/mol. The number of rotatable bonds is 5. The van der Waals surface area contributed by atoms with Gasteiger partial charge >= 0.3 is 0 Å². The van der Waals surface area contributed by atoms with Gasteiger partial charge in [-0.05, 0) is 54.3 Å². The SMILES string of the molecule is C[C@H](C(=O)N(C[C@@H]1CCCO1)[C@@H]1CCSC1)c1ccsc1. The van der Waals surface area contributed by atoms with Crippen LogP contribution in [0.4, 0.5) is 0 Å². The zero-order chi connectivity index (χ0) is 14.7. The van der Waals surface area contributed by atoms with Crippen LogP contribution in [0.25, 0.3) is 0 Å². The second kappa shape index (κ2) is 7.16. The highest BCUT2D eigenvalue weighted by molar-refractivity contribution is 7.99. The molecule has 1 aromatic heterocycles. The number of thiophene rings is 1. The number of nitrogens with zero attached hydrogens (tertiary/aromatic N) is 1. The zero-order valence-electron chi connectivity index (χ0n) is 12.5. The Labute approximate surface area is 135 Å². The summed E-state index contributed by atoms with van der Waals surface area (Å²) in [5, 5.41) is 4.14. The van der Waals surface area contributed by atoms with Crippen molar-refractivity contribution in [2.45, 2.75) is 44.2 Å². The van der Waals surface area contributed by atoms with E-state index in [1.165, 1.54) is 5.75 Å². The van der Waals surface area contributed by atoms with Crippen molar-refractivity contribution in [1.82, 2.24) is 4.90 Å². The first-order valence-electron chi connectivity index (χ1n) is 7.77. The Morgan fingerprint density at radius 2 is 2.43 bits per heavy atom. The van der Waals surface area contributed by atoms with Crippen molar-refractivity contribution in [2.24, 2.45) is 0 Å². The summed E-state index contributed by atoms with van der Waals surface area (Å²) in [6.07, 6.45) is 3.59. The largest absolute Gasteiger partial charge is 0.376 e. The molecule has 0 aromatic carbocycles. The minimum Gasteiger partial charge on any atom is -0.376 e. The lowest BCUT2D eigenvalue weighted by atomic mass is 10.0. The fourth-order valence-corrected chi connectivity index (χ4v) is 5.09. The van der Waals surface area contributed by atoms with Crippen LogP contribution in [0.2, 0.25) is 0 Å². The molecule has 0 spiro atoms. The minimum atomic E-state index is -0.0387. The standard InChI is InChI=1S/C16H23NO2S2/c1-12(13-4-7-20-10-13)16(18)17(14-5-8-21-11-14)9-15-3-2-6-19-15/h4,7,10,12,14-15H,2-3,5-6,8-9,11H2,1H3/t12-,14+,15-/m0/s1. The number of ether oxygens (including phenoxy) is 1. The van der Waals surface area contributed by atoms with Gasteiger partial charge in [-0.25, -0.2) is 0 Å². The van der Waals surface area contributed by atoms with Crippen molar-refractivity contribution >= 4 is 29.0 Å². The highest BCUT2D eigenvalue weighted by Gasteiger charge is 2.33. The molecule has 21 heavy (non-hydrogen) atoms. The van der Waals surface area contributed by atoms with Crippen LogP contribution in [0.1, 0.15) is 37.7 Å². The summed E-state index contributed by atoms with van der Waals surface area (Å²) in [7, 11) is 0. The topological polar surface area (TPSA) is 29.5 Å². The molecule has 1 aromatic rings. The summed E-state index contributed by atoms with van der Waals surface area (Å²) >= 11 is 3.63. The smallest absolute Gasteiger partial charge is 0.230 e. The fraction of sp³-hybridized carbons (Fsp3) is 0.688. The quantitative estimate of drug-likeness (QED) is 0.831. The molecule has 2 saturated heterocycles. The Morgan fingerprint density at radius 3 is 3.05 bits per heavy atom. The van der Waals surface area contributed by atoms with Crippen LogP contribution >= 0.6 is 23.1 Å². The molecule has 5 heteroatoms. The molecule has 3 nitrogen and oxygen atoms in total. The Kier molecular flexibility index (Phi) is 5.24. The van der Waals surface area contributed by atoms with Crippen molar-refractivity contribution in [2.75, 3.05) is 24.7 Å². The first kappa shape index (κ1) is 15.4. The molecule has 3 atom stereocenters. The van der Waals surface area contributed by atoms with Crippen LogP contribution in [0, 0.1) is 0 Å². The van der Waals surface area contributed by atoms with Crippen molar-refractivity contribution in [3.63, 3.8) is 0 Å². The number of carbonyl (C=O) groups is 1. The van der Waals surface area contributed by atoms with Crippen LogP contribution in [0.5, 0.6) is 0 Å². The van der Waals surface area contributed by atoms with Gasteiger partial charge in [0, 0.05) is 24.9 Å². The van der Waals surface area contributed by atoms with Crippen LogP contribution in [-0.4, -0.2) is 47.6 Å². The van der Waals surface area contributed by atoms with E-state index in [9.17, 15) is 4.79 Å². The van der Waals surface area contributed by atoms with Crippen LogP contribution in [0.3, 0.4) is 0 Å². The first-order valence-corrected chi connectivity index (χ1v) is 9.87. The Hall–Kier alpha value is -0.520. The lowest BCUT2D eigenvalue weighted by Crippen LogP contribution is -2.46. The molecule has 0 aliphatic carbocycles. The molecule has 0 N–H and O–H groups in total. The molecule has 2 fully saturated rings. The van der Waals surface area contributed by atoms with Crippen molar-refractivity contribution in [3.8, 4) is 0 Å². The fourth-order valence-electron chi connectivity index (χ4n) is 3.11. The third-order valence-electron chi connectivity index (χ3n) is 4.47. The number of hydrogen-bond donors (Lipinski definition) is 0. The van der Waals surface area contributed by atoms with Gasteiger partial charge in [0.25, 0.3) is 0 Å². The normalized spacial score (nSPS) is 26.9. The molecular weight excluding hydrogens is 302 g/mol. The lowest BCUT2D eigenvalue weighted by Gasteiger charge is -2.32. The van der Waals surface area contributed by atoms with Gasteiger partial charge in [-0.2, -0.15) is 23.1 Å². The van der Waals surface area contributed by atoms with Crippen molar-refractivity contribution in [1.29, 1.82) is 0 Å². The molecule has 0 saturated carbocycles. The Balaban J connectivity index is 1.71. The molecule has 2 aliphatic heterocycles. The summed E-state index contributed by atoms with van der Waals surface area (Å²) in [5.74, 6) is 2.49. The predicted octanol–water partition coefficient (Wildman–Crippen LogP) is 3.36. The molecule has 0 radical (unpaired) electrons. The monoisotopic (exact) mass is 325 g/mol. The Bertz CT molecular complexity index is 451. The minimum absolute atomic E-state index is 0.0387. The number of carbonyl (C=O) groups excluding carboxylic acids is 1. The third kappa shape index (κ3) is 3.63. The molecule has 3 heterocycles. The van der Waals surface area contributed by atoms with Gasteiger partial charge in [-0.15, -0.1) is 0 Å². The molecule has 0 unspecified atom stereocenters. The van der Waals surface area contributed by atoms with Gasteiger partial charge in [0.2, 0.25) is 5.91 Å². The molecule has 3 rings (SSSR count). The number of hydrogen-bond acceptors (Lipinski definition) is 4. The van der Waals surface area contributed by atoms with E-state index in [-0.39, 0.29) is 17.9 Å². The highest BCUT2D eigenvalue weighted by Crippen LogP contribution is 2.28. The van der Waals surface area contributed by atoms with Crippen LogP contribution in [0.15, 0.2) is 16.8 Å². The van der Waals surface area contributed by atoms with E-state index in [1.54, 1.807) is 11.3 Å². The average Bonchev–Trinajstić information content (AvgIpc) is 3.26. The van der Waals surface area contributed by atoms with Crippen molar-refractivity contribution < 1.29 is 9.53 Å². The number of thioether (sulfide) groups is 1. The highest BCUT2D eigenvalue weighted by atomic mass is 32.2. The molecular formula is C16H23NO2S2. The van der Waals surface area contributed by atoms with Gasteiger partial charge in [-0.1, -0.05) is 0 Å². The molecule has 0 bridgehead atoms. The maximum Gasteiger partial charge on any atom is 0.230 e.